The first-order chi connectivity index (χ1) is 9.49. The molecular weight excluding hydrogens is 280 g/mol. The molecular formula is C13H18N2O4S. The molecule has 0 bridgehead atoms. The number of carbonyl (C=O) groups excluding carboxylic acids is 2. The number of anilines is 1. The van der Waals surface area contributed by atoms with E-state index < -0.39 is 12.1 Å². The largest absolute Gasteiger partial charge is 0.465 e. The molecule has 1 aromatic rings. The first-order valence-corrected chi connectivity index (χ1v) is 6.90. The number of esters is 1. The van der Waals surface area contributed by atoms with E-state index in [1.54, 1.807) is 19.9 Å². The van der Waals surface area contributed by atoms with Crippen molar-refractivity contribution in [3.63, 3.8) is 0 Å². The summed E-state index contributed by atoms with van der Waals surface area (Å²) in [6, 6.07) is 0. The predicted molar refractivity (Wildman–Crippen MR) is 77.0 cm³/mol. The van der Waals surface area contributed by atoms with Gasteiger partial charge in [-0.25, -0.2) is 9.78 Å². The van der Waals surface area contributed by atoms with Crippen LogP contribution >= 0.6 is 11.3 Å². The van der Waals surface area contributed by atoms with Crippen molar-refractivity contribution in [2.24, 2.45) is 0 Å². The van der Waals surface area contributed by atoms with Gasteiger partial charge in [-0.1, -0.05) is 17.4 Å². The highest BCUT2D eigenvalue weighted by Gasteiger charge is 2.19. The van der Waals surface area contributed by atoms with E-state index in [1.807, 2.05) is 0 Å². The fraction of sp³-hybridized carbons (Fsp3) is 0.462. The van der Waals surface area contributed by atoms with E-state index in [2.05, 4.69) is 21.6 Å². The molecule has 1 unspecified atom stereocenters. The molecule has 0 spiro atoms. The summed E-state index contributed by atoms with van der Waals surface area (Å²) >= 11 is 1.08. The minimum Gasteiger partial charge on any atom is -0.465 e. The lowest BCUT2D eigenvalue weighted by atomic mass is 10.3. The molecule has 1 aromatic heterocycles. The zero-order valence-corrected chi connectivity index (χ0v) is 12.6. The fourth-order valence-corrected chi connectivity index (χ4v) is 2.23. The number of methoxy groups -OCH3 is 1. The Bertz CT molecular complexity index is 499. The number of aryl methyl sites for hydroxylation is 1. The normalized spacial score (nSPS) is 11.8. The smallest absolute Gasteiger partial charge is 0.350 e. The van der Waals surface area contributed by atoms with Crippen LogP contribution in [-0.4, -0.2) is 36.7 Å². The van der Waals surface area contributed by atoms with Crippen molar-refractivity contribution in [2.45, 2.75) is 26.4 Å². The summed E-state index contributed by atoms with van der Waals surface area (Å²) in [5, 5.41) is 2.97. The van der Waals surface area contributed by atoms with E-state index in [1.165, 1.54) is 7.11 Å². The number of hydrogen-bond donors (Lipinski definition) is 1. The van der Waals surface area contributed by atoms with Crippen LogP contribution in [0.15, 0.2) is 12.7 Å². The summed E-state index contributed by atoms with van der Waals surface area (Å²) in [5.74, 6) is -0.769. The second-order valence-corrected chi connectivity index (χ2v) is 5.00. The maximum Gasteiger partial charge on any atom is 0.350 e. The van der Waals surface area contributed by atoms with Crippen LogP contribution in [0.3, 0.4) is 0 Å². The quantitative estimate of drug-likeness (QED) is 0.474. The zero-order chi connectivity index (χ0) is 15.1. The van der Waals surface area contributed by atoms with Crippen LogP contribution < -0.4 is 5.32 Å². The van der Waals surface area contributed by atoms with Gasteiger partial charge in [-0.3, -0.25) is 10.1 Å². The van der Waals surface area contributed by atoms with Crippen LogP contribution in [0.4, 0.5) is 5.13 Å². The van der Waals surface area contributed by atoms with Gasteiger partial charge < -0.3 is 9.47 Å². The van der Waals surface area contributed by atoms with Crippen molar-refractivity contribution in [3.8, 4) is 0 Å². The number of thiazole rings is 1. The molecule has 1 amide bonds. The summed E-state index contributed by atoms with van der Waals surface area (Å²) < 4.78 is 9.96. The van der Waals surface area contributed by atoms with Crippen LogP contribution in [0.25, 0.3) is 0 Å². The van der Waals surface area contributed by atoms with Crippen LogP contribution in [0.2, 0.25) is 0 Å². The Morgan fingerprint density at radius 1 is 1.55 bits per heavy atom. The van der Waals surface area contributed by atoms with Gasteiger partial charge in [-0.2, -0.15) is 0 Å². The Morgan fingerprint density at radius 2 is 2.25 bits per heavy atom. The number of rotatable bonds is 7. The van der Waals surface area contributed by atoms with Crippen LogP contribution in [0, 0.1) is 6.92 Å². The molecule has 6 nitrogen and oxygen atoms in total. The summed E-state index contributed by atoms with van der Waals surface area (Å²) in [6.45, 7) is 7.34. The lowest BCUT2D eigenvalue weighted by Gasteiger charge is -2.11. The summed E-state index contributed by atoms with van der Waals surface area (Å²) in [5.41, 5.74) is 0.525. The molecule has 0 aliphatic heterocycles. The molecule has 0 radical (unpaired) electrons. The molecule has 1 heterocycles. The third kappa shape index (κ3) is 4.43. The van der Waals surface area contributed by atoms with Crippen molar-refractivity contribution in [3.05, 3.63) is 23.2 Å². The number of nitrogens with zero attached hydrogens (tertiary/aromatic N) is 1. The second-order valence-electron chi connectivity index (χ2n) is 4.00. The van der Waals surface area contributed by atoms with Gasteiger partial charge >= 0.3 is 5.97 Å². The lowest BCUT2D eigenvalue weighted by molar-refractivity contribution is -0.126. The monoisotopic (exact) mass is 298 g/mol. The molecule has 1 rings (SSSR count). The summed E-state index contributed by atoms with van der Waals surface area (Å²) in [4.78, 5) is 27.8. The number of nitrogens with one attached hydrogen (secondary N) is 1. The second kappa shape index (κ2) is 7.76. The van der Waals surface area contributed by atoms with Crippen molar-refractivity contribution in [1.82, 2.24) is 4.98 Å². The third-order valence-corrected chi connectivity index (χ3v) is 3.51. The standard InChI is InChI=1S/C13H18N2O4S/c1-5-6-7-19-9(3)11(16)15-13-14-8(2)10(20-13)12(17)18-4/h5,9H,1,6-7H2,2-4H3,(H,14,15,16). The average Bonchev–Trinajstić information content (AvgIpc) is 2.78. The number of aromatic nitrogens is 1. The van der Waals surface area contributed by atoms with Gasteiger partial charge in [-0.05, 0) is 20.3 Å². The number of ether oxygens (including phenoxy) is 2. The maximum atomic E-state index is 11.9. The van der Waals surface area contributed by atoms with E-state index in [0.29, 0.717) is 28.7 Å². The molecule has 110 valence electrons. The molecule has 0 aromatic carbocycles. The van der Waals surface area contributed by atoms with Gasteiger partial charge in [0.1, 0.15) is 11.0 Å². The Kier molecular flexibility index (Phi) is 6.33. The molecule has 0 aliphatic rings. The highest BCUT2D eigenvalue weighted by atomic mass is 32.1. The van der Waals surface area contributed by atoms with Crippen LogP contribution in [0.1, 0.15) is 28.7 Å². The van der Waals surface area contributed by atoms with Gasteiger partial charge in [0.05, 0.1) is 19.4 Å². The van der Waals surface area contributed by atoms with Gasteiger partial charge in [0.2, 0.25) is 0 Å². The topological polar surface area (TPSA) is 77.5 Å². The first-order valence-electron chi connectivity index (χ1n) is 6.08. The van der Waals surface area contributed by atoms with Gasteiger partial charge in [0.15, 0.2) is 5.13 Å². The fourth-order valence-electron chi connectivity index (χ4n) is 1.34. The molecule has 0 aliphatic carbocycles. The zero-order valence-electron chi connectivity index (χ0n) is 11.8. The van der Waals surface area contributed by atoms with Gasteiger partial charge in [-0.15, -0.1) is 6.58 Å². The molecule has 0 saturated carbocycles. The van der Waals surface area contributed by atoms with Crippen molar-refractivity contribution >= 4 is 28.3 Å². The van der Waals surface area contributed by atoms with E-state index in [9.17, 15) is 9.59 Å². The lowest BCUT2D eigenvalue weighted by Crippen LogP contribution is -2.27. The maximum absolute atomic E-state index is 11.9. The van der Waals surface area contributed by atoms with E-state index >= 15 is 0 Å². The molecule has 1 atom stereocenters. The minimum atomic E-state index is -0.597. The SMILES string of the molecule is C=CCCOC(C)C(=O)Nc1nc(C)c(C(=O)OC)s1. The number of carbonyl (C=O) groups is 2. The molecule has 0 fully saturated rings. The van der Waals surface area contributed by atoms with E-state index in [0.717, 1.165) is 11.3 Å². The predicted octanol–water partition coefficient (Wildman–Crippen LogP) is 2.16. The molecule has 7 heteroatoms. The number of amides is 1. The highest BCUT2D eigenvalue weighted by molar-refractivity contribution is 7.17. The Balaban J connectivity index is 2.62. The van der Waals surface area contributed by atoms with Crippen molar-refractivity contribution in [2.75, 3.05) is 19.0 Å². The van der Waals surface area contributed by atoms with Gasteiger partial charge in [0, 0.05) is 0 Å². The Morgan fingerprint density at radius 3 is 2.85 bits per heavy atom. The molecule has 0 saturated heterocycles. The van der Waals surface area contributed by atoms with E-state index in [4.69, 9.17) is 4.74 Å². The van der Waals surface area contributed by atoms with Crippen molar-refractivity contribution < 1.29 is 19.1 Å². The average molecular weight is 298 g/mol. The summed E-state index contributed by atoms with van der Waals surface area (Å²) in [6.07, 6.45) is 1.80. The Labute approximate surface area is 121 Å². The van der Waals surface area contributed by atoms with Crippen LogP contribution in [-0.2, 0) is 14.3 Å². The van der Waals surface area contributed by atoms with Crippen molar-refractivity contribution in [1.29, 1.82) is 0 Å². The number of hydrogen-bond acceptors (Lipinski definition) is 6. The third-order valence-electron chi connectivity index (χ3n) is 2.46. The summed E-state index contributed by atoms with van der Waals surface area (Å²) in [7, 11) is 1.30. The highest BCUT2D eigenvalue weighted by Crippen LogP contribution is 2.23. The van der Waals surface area contributed by atoms with E-state index in [-0.39, 0.29) is 5.91 Å². The Hall–Kier alpha value is -1.73. The molecule has 1 N–H and O–H groups in total. The first kappa shape index (κ1) is 16.3. The van der Waals surface area contributed by atoms with Crippen LogP contribution in [0.5, 0.6) is 0 Å². The van der Waals surface area contributed by atoms with Gasteiger partial charge in [0.25, 0.3) is 5.91 Å². The minimum absolute atomic E-state index is 0.306. The molecule has 20 heavy (non-hydrogen) atoms.